The van der Waals surface area contributed by atoms with Crippen molar-refractivity contribution in [2.24, 2.45) is 5.73 Å². The summed E-state index contributed by atoms with van der Waals surface area (Å²) in [5.41, 5.74) is 5.15. The minimum absolute atomic E-state index is 0.0686. The summed E-state index contributed by atoms with van der Waals surface area (Å²) >= 11 is 0. The third kappa shape index (κ3) is 5.50. The number of carbonyl (C=O) groups is 2. The second kappa shape index (κ2) is 6.78. The Hall–Kier alpha value is -1.25. The van der Waals surface area contributed by atoms with Crippen molar-refractivity contribution in [1.29, 1.82) is 0 Å². The SMILES string of the molecule is NC(CCCCCC(=O)C(F)(F)C(F)(F)F)C(=O)O. The molecule has 19 heavy (non-hydrogen) atoms. The van der Waals surface area contributed by atoms with E-state index in [0.29, 0.717) is 0 Å². The summed E-state index contributed by atoms with van der Waals surface area (Å²) in [7, 11) is 0. The summed E-state index contributed by atoms with van der Waals surface area (Å²) in [5, 5.41) is 8.42. The van der Waals surface area contributed by atoms with E-state index in [1.807, 2.05) is 0 Å². The van der Waals surface area contributed by atoms with Crippen molar-refractivity contribution in [2.45, 2.75) is 50.2 Å². The Kier molecular flexibility index (Phi) is 6.34. The van der Waals surface area contributed by atoms with Crippen molar-refractivity contribution in [2.75, 3.05) is 0 Å². The Bertz CT molecular complexity index is 330. The molecule has 3 N–H and O–H groups in total. The largest absolute Gasteiger partial charge is 0.480 e. The van der Waals surface area contributed by atoms with E-state index in [9.17, 15) is 31.5 Å². The van der Waals surface area contributed by atoms with Gasteiger partial charge in [0, 0.05) is 6.42 Å². The first kappa shape index (κ1) is 17.8. The molecule has 9 heteroatoms. The van der Waals surface area contributed by atoms with Crippen molar-refractivity contribution < 1.29 is 36.6 Å². The van der Waals surface area contributed by atoms with Gasteiger partial charge >= 0.3 is 18.1 Å². The van der Waals surface area contributed by atoms with Gasteiger partial charge in [-0.15, -0.1) is 0 Å². The zero-order valence-corrected chi connectivity index (χ0v) is 9.84. The predicted octanol–water partition coefficient (Wildman–Crippen LogP) is 2.12. The van der Waals surface area contributed by atoms with Crippen molar-refractivity contribution >= 4 is 11.8 Å². The van der Waals surface area contributed by atoms with E-state index in [4.69, 9.17) is 10.8 Å². The van der Waals surface area contributed by atoms with Gasteiger partial charge in [-0.2, -0.15) is 22.0 Å². The summed E-state index contributed by atoms with van der Waals surface area (Å²) in [6, 6.07) is -1.10. The average Bonchev–Trinajstić information content (AvgIpc) is 2.26. The molecule has 0 rings (SSSR count). The van der Waals surface area contributed by atoms with Gasteiger partial charge in [0.15, 0.2) is 0 Å². The van der Waals surface area contributed by atoms with E-state index in [1.54, 1.807) is 0 Å². The summed E-state index contributed by atoms with van der Waals surface area (Å²) in [6.07, 6.45) is -6.50. The highest BCUT2D eigenvalue weighted by molar-refractivity contribution is 5.86. The number of hydrogen-bond donors (Lipinski definition) is 2. The van der Waals surface area contributed by atoms with E-state index in [2.05, 4.69) is 0 Å². The summed E-state index contributed by atoms with van der Waals surface area (Å²) in [5.74, 6) is -8.73. The van der Waals surface area contributed by atoms with Crippen LogP contribution >= 0.6 is 0 Å². The molecule has 0 aliphatic rings. The van der Waals surface area contributed by atoms with Gasteiger partial charge in [-0.05, 0) is 12.8 Å². The van der Waals surface area contributed by atoms with E-state index in [1.165, 1.54) is 0 Å². The maximum atomic E-state index is 12.5. The van der Waals surface area contributed by atoms with Crippen LogP contribution in [0.5, 0.6) is 0 Å². The molecule has 0 amide bonds. The number of carboxylic acids is 1. The van der Waals surface area contributed by atoms with Crippen LogP contribution in [-0.2, 0) is 9.59 Å². The van der Waals surface area contributed by atoms with Crippen LogP contribution in [0.3, 0.4) is 0 Å². The second-order valence-electron chi connectivity index (χ2n) is 4.04. The molecule has 0 saturated heterocycles. The van der Waals surface area contributed by atoms with Gasteiger partial charge in [0.05, 0.1) is 0 Å². The Morgan fingerprint density at radius 3 is 2.00 bits per heavy atom. The van der Waals surface area contributed by atoms with Crippen LogP contribution in [0.1, 0.15) is 32.1 Å². The average molecular weight is 291 g/mol. The molecule has 1 unspecified atom stereocenters. The lowest BCUT2D eigenvalue weighted by atomic mass is 10.0. The van der Waals surface area contributed by atoms with Gasteiger partial charge < -0.3 is 10.8 Å². The van der Waals surface area contributed by atoms with Crippen molar-refractivity contribution in [3.05, 3.63) is 0 Å². The van der Waals surface area contributed by atoms with Crippen LogP contribution in [-0.4, -0.2) is 35.0 Å². The molecule has 0 fully saturated rings. The fraction of sp³-hybridized carbons (Fsp3) is 0.800. The minimum atomic E-state index is -5.88. The van der Waals surface area contributed by atoms with E-state index in [0.717, 1.165) is 0 Å². The summed E-state index contributed by atoms with van der Waals surface area (Å²) in [4.78, 5) is 21.0. The van der Waals surface area contributed by atoms with Crippen LogP contribution in [0.2, 0.25) is 0 Å². The molecule has 0 spiro atoms. The van der Waals surface area contributed by atoms with Gasteiger partial charge in [-0.25, -0.2) is 0 Å². The molecule has 1 atom stereocenters. The fourth-order valence-corrected chi connectivity index (χ4v) is 1.27. The molecular weight excluding hydrogens is 277 g/mol. The number of rotatable bonds is 8. The highest BCUT2D eigenvalue weighted by Gasteiger charge is 2.62. The predicted molar refractivity (Wildman–Crippen MR) is 54.7 cm³/mol. The minimum Gasteiger partial charge on any atom is -0.480 e. The third-order valence-corrected chi connectivity index (χ3v) is 2.44. The van der Waals surface area contributed by atoms with Crippen molar-refractivity contribution in [1.82, 2.24) is 0 Å². The molecule has 0 bridgehead atoms. The van der Waals surface area contributed by atoms with Crippen LogP contribution in [0.25, 0.3) is 0 Å². The topological polar surface area (TPSA) is 80.4 Å². The molecule has 0 radical (unpaired) electrons. The Labute approximate surface area is 105 Å². The number of hydrogen-bond acceptors (Lipinski definition) is 3. The fourth-order valence-electron chi connectivity index (χ4n) is 1.27. The first-order valence-corrected chi connectivity index (χ1v) is 5.46. The number of nitrogens with two attached hydrogens (primary N) is 1. The van der Waals surface area contributed by atoms with E-state index < -0.39 is 36.3 Å². The molecule has 0 aromatic heterocycles. The first-order chi connectivity index (χ1) is 8.50. The quantitative estimate of drug-likeness (QED) is 0.530. The van der Waals surface area contributed by atoms with E-state index >= 15 is 0 Å². The number of unbranched alkanes of at least 4 members (excludes halogenated alkanes) is 2. The number of Topliss-reactive ketones (excluding diaryl/α,β-unsaturated/α-hetero) is 1. The lowest BCUT2D eigenvalue weighted by Gasteiger charge is -2.17. The molecule has 0 aliphatic carbocycles. The molecule has 0 heterocycles. The van der Waals surface area contributed by atoms with Gasteiger partial charge in [0.25, 0.3) is 0 Å². The standard InChI is InChI=1S/C10H14F5NO3/c11-9(12,10(13,14)15)7(17)5-3-1-2-4-6(16)8(18)19/h6H,1-5,16H2,(H,18,19). The smallest absolute Gasteiger partial charge is 0.461 e. The molecule has 4 nitrogen and oxygen atoms in total. The van der Waals surface area contributed by atoms with Gasteiger partial charge in [-0.3, -0.25) is 9.59 Å². The first-order valence-electron chi connectivity index (χ1n) is 5.46. The van der Waals surface area contributed by atoms with Crippen LogP contribution in [0, 0.1) is 0 Å². The van der Waals surface area contributed by atoms with Crippen molar-refractivity contribution in [3.8, 4) is 0 Å². The summed E-state index contributed by atoms with van der Waals surface area (Å²) in [6.45, 7) is 0. The molecular formula is C10H14F5NO3. The zero-order chi connectivity index (χ0) is 15.3. The normalized spacial score (nSPS) is 14.2. The number of halogens is 5. The number of ketones is 1. The highest BCUT2D eigenvalue weighted by atomic mass is 19.4. The maximum Gasteiger partial charge on any atom is 0.461 e. The van der Waals surface area contributed by atoms with Crippen LogP contribution < -0.4 is 5.73 Å². The van der Waals surface area contributed by atoms with Crippen molar-refractivity contribution in [3.63, 3.8) is 0 Å². The molecule has 0 saturated carbocycles. The lowest BCUT2D eigenvalue weighted by Crippen LogP contribution is -2.43. The second-order valence-corrected chi connectivity index (χ2v) is 4.04. The van der Waals surface area contributed by atoms with Gasteiger partial charge in [0.1, 0.15) is 6.04 Å². The zero-order valence-electron chi connectivity index (χ0n) is 9.84. The molecule has 0 aromatic carbocycles. The number of aliphatic carboxylic acids is 1. The van der Waals surface area contributed by atoms with Gasteiger partial charge in [0.2, 0.25) is 5.78 Å². The van der Waals surface area contributed by atoms with Crippen LogP contribution in [0.4, 0.5) is 22.0 Å². The highest BCUT2D eigenvalue weighted by Crippen LogP contribution is 2.37. The van der Waals surface area contributed by atoms with Gasteiger partial charge in [-0.1, -0.05) is 12.8 Å². The molecule has 0 aliphatic heterocycles. The number of carboxylic acid groups (broad SMARTS) is 1. The monoisotopic (exact) mass is 291 g/mol. The molecule has 0 aromatic rings. The number of alkyl halides is 5. The van der Waals surface area contributed by atoms with E-state index in [-0.39, 0.29) is 25.7 Å². The maximum absolute atomic E-state index is 12.5. The number of carbonyl (C=O) groups excluding carboxylic acids is 1. The molecule has 112 valence electrons. The third-order valence-electron chi connectivity index (χ3n) is 2.44. The van der Waals surface area contributed by atoms with Crippen LogP contribution in [0.15, 0.2) is 0 Å². The Morgan fingerprint density at radius 2 is 1.58 bits per heavy atom. The Morgan fingerprint density at radius 1 is 1.05 bits per heavy atom. The Balaban J connectivity index is 3.97. The lowest BCUT2D eigenvalue weighted by molar-refractivity contribution is -0.268. The summed E-state index contributed by atoms with van der Waals surface area (Å²) < 4.78 is 60.4.